The van der Waals surface area contributed by atoms with E-state index in [1.165, 1.54) is 77.0 Å². The Hall–Kier alpha value is -0.0800. The predicted octanol–water partition coefficient (Wildman–Crippen LogP) is 5.06. The van der Waals surface area contributed by atoms with Crippen molar-refractivity contribution >= 4 is 0 Å². The molecule has 0 aromatic carbocycles. The minimum atomic E-state index is 0.477. The Morgan fingerprint density at radius 1 is 0.850 bits per heavy atom. The lowest BCUT2D eigenvalue weighted by Gasteiger charge is -2.27. The second kappa shape index (κ2) is 12.6. The molecule has 0 spiro atoms. The van der Waals surface area contributed by atoms with Crippen molar-refractivity contribution in [3.05, 3.63) is 0 Å². The fourth-order valence-electron chi connectivity index (χ4n) is 2.95. The van der Waals surface area contributed by atoms with Crippen LogP contribution in [0.15, 0.2) is 0 Å². The Morgan fingerprint density at radius 2 is 1.45 bits per heavy atom. The molecule has 2 atom stereocenters. The van der Waals surface area contributed by atoms with E-state index in [1.54, 1.807) is 0 Å². The van der Waals surface area contributed by atoms with Crippen LogP contribution < -0.4 is 5.32 Å². The SMILES string of the molecule is CCCCCCCCCCCCOC1CCC(C)NC1. The van der Waals surface area contributed by atoms with Crippen molar-refractivity contribution < 1.29 is 4.74 Å². The normalized spacial score (nSPS) is 23.1. The molecular formula is C18H37NO. The van der Waals surface area contributed by atoms with Gasteiger partial charge in [0.2, 0.25) is 0 Å². The molecule has 120 valence electrons. The van der Waals surface area contributed by atoms with Gasteiger partial charge in [0.15, 0.2) is 0 Å². The quantitative estimate of drug-likeness (QED) is 0.505. The van der Waals surface area contributed by atoms with Crippen LogP contribution in [0.2, 0.25) is 0 Å². The monoisotopic (exact) mass is 283 g/mol. The number of piperidine rings is 1. The van der Waals surface area contributed by atoms with Crippen molar-refractivity contribution in [3.8, 4) is 0 Å². The van der Waals surface area contributed by atoms with Crippen molar-refractivity contribution in [1.82, 2.24) is 5.32 Å². The molecule has 0 aromatic heterocycles. The average Bonchev–Trinajstić information content (AvgIpc) is 2.47. The van der Waals surface area contributed by atoms with Gasteiger partial charge in [-0.25, -0.2) is 0 Å². The van der Waals surface area contributed by atoms with Crippen LogP contribution in [0.5, 0.6) is 0 Å². The third kappa shape index (κ3) is 9.77. The van der Waals surface area contributed by atoms with Gasteiger partial charge in [-0.2, -0.15) is 0 Å². The number of ether oxygens (including phenoxy) is 1. The zero-order valence-electron chi connectivity index (χ0n) is 14.0. The molecule has 2 nitrogen and oxygen atoms in total. The van der Waals surface area contributed by atoms with Gasteiger partial charge in [-0.3, -0.25) is 0 Å². The van der Waals surface area contributed by atoms with Crippen molar-refractivity contribution in [2.45, 2.75) is 103 Å². The Morgan fingerprint density at radius 3 is 2.00 bits per heavy atom. The van der Waals surface area contributed by atoms with Gasteiger partial charge in [0.1, 0.15) is 0 Å². The lowest BCUT2D eigenvalue weighted by atomic mass is 10.0. The molecule has 1 rings (SSSR count). The van der Waals surface area contributed by atoms with E-state index in [4.69, 9.17) is 4.74 Å². The van der Waals surface area contributed by atoms with E-state index in [0.29, 0.717) is 12.1 Å². The summed E-state index contributed by atoms with van der Waals surface area (Å²) in [5.74, 6) is 0. The first kappa shape index (κ1) is 18.0. The fourth-order valence-corrected chi connectivity index (χ4v) is 2.95. The van der Waals surface area contributed by atoms with E-state index >= 15 is 0 Å². The maximum absolute atomic E-state index is 5.94. The standard InChI is InChI=1S/C18H37NO/c1-3-4-5-6-7-8-9-10-11-12-15-20-18-14-13-17(2)19-16-18/h17-19H,3-16H2,1-2H3. The third-order valence-corrected chi connectivity index (χ3v) is 4.47. The summed E-state index contributed by atoms with van der Waals surface area (Å²) < 4.78 is 5.94. The summed E-state index contributed by atoms with van der Waals surface area (Å²) in [4.78, 5) is 0. The summed E-state index contributed by atoms with van der Waals surface area (Å²) in [6.07, 6.45) is 17.0. The second-order valence-corrected chi connectivity index (χ2v) is 6.56. The van der Waals surface area contributed by atoms with Crippen LogP contribution >= 0.6 is 0 Å². The van der Waals surface area contributed by atoms with E-state index in [2.05, 4.69) is 19.2 Å². The predicted molar refractivity (Wildman–Crippen MR) is 88.3 cm³/mol. The smallest absolute Gasteiger partial charge is 0.0700 e. The molecular weight excluding hydrogens is 246 g/mol. The van der Waals surface area contributed by atoms with Crippen LogP contribution in [0, 0.1) is 0 Å². The summed E-state index contributed by atoms with van der Waals surface area (Å²) in [7, 11) is 0. The van der Waals surface area contributed by atoms with Gasteiger partial charge in [-0.05, 0) is 26.2 Å². The average molecular weight is 283 g/mol. The fraction of sp³-hybridized carbons (Fsp3) is 1.00. The first-order valence-corrected chi connectivity index (χ1v) is 9.18. The van der Waals surface area contributed by atoms with Gasteiger partial charge in [-0.15, -0.1) is 0 Å². The Bertz CT molecular complexity index is 200. The summed E-state index contributed by atoms with van der Waals surface area (Å²) in [6.45, 7) is 6.57. The summed E-state index contributed by atoms with van der Waals surface area (Å²) in [5, 5.41) is 3.50. The summed E-state index contributed by atoms with van der Waals surface area (Å²) in [5.41, 5.74) is 0. The maximum atomic E-state index is 5.94. The number of hydrogen-bond acceptors (Lipinski definition) is 2. The zero-order valence-corrected chi connectivity index (χ0v) is 14.0. The molecule has 0 bridgehead atoms. The van der Waals surface area contributed by atoms with E-state index in [-0.39, 0.29) is 0 Å². The van der Waals surface area contributed by atoms with E-state index in [1.807, 2.05) is 0 Å². The minimum absolute atomic E-state index is 0.477. The Labute approximate surface area is 127 Å². The highest BCUT2D eigenvalue weighted by Gasteiger charge is 2.17. The van der Waals surface area contributed by atoms with Crippen LogP contribution in [0.1, 0.15) is 90.9 Å². The van der Waals surface area contributed by atoms with E-state index in [0.717, 1.165) is 13.2 Å². The van der Waals surface area contributed by atoms with Crippen LogP contribution in [-0.4, -0.2) is 25.3 Å². The molecule has 0 aromatic rings. The molecule has 1 N–H and O–H groups in total. The molecule has 1 aliphatic rings. The zero-order chi connectivity index (χ0) is 14.5. The van der Waals surface area contributed by atoms with Gasteiger partial charge in [0.25, 0.3) is 0 Å². The third-order valence-electron chi connectivity index (χ3n) is 4.47. The van der Waals surface area contributed by atoms with Crippen LogP contribution in [0.25, 0.3) is 0 Å². The Balaban J connectivity index is 1.74. The number of nitrogens with one attached hydrogen (secondary N) is 1. The van der Waals surface area contributed by atoms with Gasteiger partial charge < -0.3 is 10.1 Å². The van der Waals surface area contributed by atoms with Gasteiger partial charge in [0, 0.05) is 19.2 Å². The first-order chi connectivity index (χ1) is 9.83. The molecule has 1 aliphatic heterocycles. The molecule has 0 radical (unpaired) electrons. The van der Waals surface area contributed by atoms with Gasteiger partial charge in [0.05, 0.1) is 6.10 Å². The van der Waals surface area contributed by atoms with Crippen LogP contribution in [-0.2, 0) is 4.74 Å². The van der Waals surface area contributed by atoms with Crippen molar-refractivity contribution in [3.63, 3.8) is 0 Å². The molecule has 1 heterocycles. The molecule has 2 unspecified atom stereocenters. The summed E-state index contributed by atoms with van der Waals surface area (Å²) >= 11 is 0. The molecule has 2 heteroatoms. The lowest BCUT2D eigenvalue weighted by molar-refractivity contribution is 0.0286. The first-order valence-electron chi connectivity index (χ1n) is 9.18. The van der Waals surface area contributed by atoms with E-state index < -0.39 is 0 Å². The van der Waals surface area contributed by atoms with E-state index in [9.17, 15) is 0 Å². The highest BCUT2D eigenvalue weighted by Crippen LogP contribution is 2.13. The maximum Gasteiger partial charge on any atom is 0.0700 e. The molecule has 0 saturated carbocycles. The van der Waals surface area contributed by atoms with Gasteiger partial charge in [-0.1, -0.05) is 64.7 Å². The highest BCUT2D eigenvalue weighted by molar-refractivity contribution is 4.74. The van der Waals surface area contributed by atoms with Gasteiger partial charge >= 0.3 is 0 Å². The summed E-state index contributed by atoms with van der Waals surface area (Å²) in [6, 6.07) is 0.687. The Kier molecular flexibility index (Phi) is 11.4. The van der Waals surface area contributed by atoms with Crippen molar-refractivity contribution in [2.24, 2.45) is 0 Å². The molecule has 1 fully saturated rings. The van der Waals surface area contributed by atoms with Crippen molar-refractivity contribution in [2.75, 3.05) is 13.2 Å². The second-order valence-electron chi connectivity index (χ2n) is 6.56. The molecule has 1 saturated heterocycles. The van der Waals surface area contributed by atoms with Crippen LogP contribution in [0.4, 0.5) is 0 Å². The van der Waals surface area contributed by atoms with Crippen LogP contribution in [0.3, 0.4) is 0 Å². The molecule has 0 aliphatic carbocycles. The molecule has 0 amide bonds. The largest absolute Gasteiger partial charge is 0.377 e. The highest BCUT2D eigenvalue weighted by atomic mass is 16.5. The topological polar surface area (TPSA) is 21.3 Å². The number of unbranched alkanes of at least 4 members (excludes halogenated alkanes) is 9. The number of rotatable bonds is 12. The number of hydrogen-bond donors (Lipinski definition) is 1. The molecule has 20 heavy (non-hydrogen) atoms. The minimum Gasteiger partial charge on any atom is -0.377 e. The van der Waals surface area contributed by atoms with Crippen molar-refractivity contribution in [1.29, 1.82) is 0 Å². The lowest BCUT2D eigenvalue weighted by Crippen LogP contribution is -2.41.